The van der Waals surface area contributed by atoms with E-state index in [-0.39, 0.29) is 11.8 Å². The Kier molecular flexibility index (Phi) is 2.74. The number of fused-ring (bicyclic) bond motifs is 2. The molecular formula is C14H16BrNO. The van der Waals surface area contributed by atoms with Crippen LogP contribution < -0.4 is 5.32 Å². The standard InChI is InChI=1S/C14H16BrNO/c15-12-3-1-10(2-4-12)7-14-6-5-11(8-14)13(17)16-9-14/h1-4,11H,5-9H2,(H,16,17). The number of amides is 1. The summed E-state index contributed by atoms with van der Waals surface area (Å²) in [5, 5.41) is 3.07. The molecule has 1 aromatic carbocycles. The van der Waals surface area contributed by atoms with Crippen LogP contribution in [0.4, 0.5) is 0 Å². The van der Waals surface area contributed by atoms with Gasteiger partial charge in [-0.05, 0) is 48.8 Å². The maximum Gasteiger partial charge on any atom is 0.223 e. The number of nitrogens with one attached hydrogen (secondary N) is 1. The molecule has 1 aliphatic carbocycles. The molecule has 1 saturated carbocycles. The van der Waals surface area contributed by atoms with Crippen molar-refractivity contribution in [2.24, 2.45) is 11.3 Å². The Morgan fingerprint density at radius 3 is 2.88 bits per heavy atom. The van der Waals surface area contributed by atoms with Crippen molar-refractivity contribution < 1.29 is 4.79 Å². The summed E-state index contributed by atoms with van der Waals surface area (Å²) >= 11 is 3.46. The van der Waals surface area contributed by atoms with Gasteiger partial charge in [0.05, 0.1) is 0 Å². The molecular weight excluding hydrogens is 278 g/mol. The van der Waals surface area contributed by atoms with Crippen LogP contribution in [0.2, 0.25) is 0 Å². The maximum atomic E-state index is 11.6. The van der Waals surface area contributed by atoms with Crippen LogP contribution >= 0.6 is 15.9 Å². The van der Waals surface area contributed by atoms with Crippen LogP contribution in [0.5, 0.6) is 0 Å². The topological polar surface area (TPSA) is 29.1 Å². The molecule has 2 unspecified atom stereocenters. The highest BCUT2D eigenvalue weighted by Crippen LogP contribution is 2.46. The minimum atomic E-state index is 0.272. The van der Waals surface area contributed by atoms with E-state index >= 15 is 0 Å². The zero-order chi connectivity index (χ0) is 11.9. The van der Waals surface area contributed by atoms with Gasteiger partial charge in [-0.15, -0.1) is 0 Å². The fourth-order valence-electron chi connectivity index (χ4n) is 3.27. The van der Waals surface area contributed by atoms with Crippen LogP contribution in [0.1, 0.15) is 24.8 Å². The Hall–Kier alpha value is -0.830. The third-order valence-electron chi connectivity index (χ3n) is 4.20. The molecule has 3 rings (SSSR count). The van der Waals surface area contributed by atoms with Crippen molar-refractivity contribution in [3.63, 3.8) is 0 Å². The highest BCUT2D eigenvalue weighted by molar-refractivity contribution is 9.10. The number of carbonyl (C=O) groups is 1. The molecule has 1 aromatic rings. The number of benzene rings is 1. The lowest BCUT2D eigenvalue weighted by Gasteiger charge is -2.33. The summed E-state index contributed by atoms with van der Waals surface area (Å²) in [5.41, 5.74) is 1.71. The number of halogens is 1. The van der Waals surface area contributed by atoms with Crippen LogP contribution in [0.3, 0.4) is 0 Å². The van der Waals surface area contributed by atoms with Crippen LogP contribution in [0.25, 0.3) is 0 Å². The van der Waals surface area contributed by atoms with Crippen molar-refractivity contribution >= 4 is 21.8 Å². The molecule has 1 heterocycles. The summed E-state index contributed by atoms with van der Waals surface area (Å²) in [6.45, 7) is 0.860. The van der Waals surface area contributed by atoms with E-state index in [1.165, 1.54) is 12.0 Å². The number of rotatable bonds is 2. The van der Waals surface area contributed by atoms with Gasteiger partial charge in [-0.3, -0.25) is 4.79 Å². The predicted octanol–water partition coefficient (Wildman–Crippen LogP) is 2.91. The molecule has 0 spiro atoms. The van der Waals surface area contributed by atoms with Crippen molar-refractivity contribution in [3.05, 3.63) is 34.3 Å². The minimum Gasteiger partial charge on any atom is -0.355 e. The van der Waals surface area contributed by atoms with Gasteiger partial charge in [0.2, 0.25) is 5.91 Å². The third kappa shape index (κ3) is 2.13. The van der Waals surface area contributed by atoms with Crippen LogP contribution in [-0.2, 0) is 11.2 Å². The van der Waals surface area contributed by atoms with Crippen LogP contribution in [0.15, 0.2) is 28.7 Å². The first-order valence-electron chi connectivity index (χ1n) is 6.19. The van der Waals surface area contributed by atoms with Crippen LogP contribution in [-0.4, -0.2) is 12.5 Å². The second-order valence-electron chi connectivity index (χ2n) is 5.46. The molecule has 2 fully saturated rings. The number of piperidine rings is 1. The van der Waals surface area contributed by atoms with Crippen molar-refractivity contribution in [3.8, 4) is 0 Å². The first-order chi connectivity index (χ1) is 8.17. The smallest absolute Gasteiger partial charge is 0.223 e. The summed E-state index contributed by atoms with van der Waals surface area (Å²) < 4.78 is 1.12. The Morgan fingerprint density at radius 1 is 1.35 bits per heavy atom. The highest BCUT2D eigenvalue weighted by atomic mass is 79.9. The van der Waals surface area contributed by atoms with E-state index in [4.69, 9.17) is 0 Å². The zero-order valence-corrected chi connectivity index (χ0v) is 11.3. The second kappa shape index (κ2) is 4.13. The molecule has 0 aromatic heterocycles. The molecule has 1 amide bonds. The fourth-order valence-corrected chi connectivity index (χ4v) is 3.53. The van der Waals surface area contributed by atoms with Crippen molar-refractivity contribution in [2.75, 3.05) is 6.54 Å². The van der Waals surface area contributed by atoms with E-state index < -0.39 is 0 Å². The van der Waals surface area contributed by atoms with E-state index in [9.17, 15) is 4.79 Å². The quantitative estimate of drug-likeness (QED) is 0.893. The molecule has 2 atom stereocenters. The van der Waals surface area contributed by atoms with Gasteiger partial charge in [-0.1, -0.05) is 28.1 Å². The van der Waals surface area contributed by atoms with Gasteiger partial charge in [0.1, 0.15) is 0 Å². The summed E-state index contributed by atoms with van der Waals surface area (Å²) in [5.74, 6) is 0.549. The minimum absolute atomic E-state index is 0.272. The molecule has 1 saturated heterocycles. The number of hydrogen-bond acceptors (Lipinski definition) is 1. The highest BCUT2D eigenvalue weighted by Gasteiger charge is 2.45. The van der Waals surface area contributed by atoms with Crippen molar-refractivity contribution in [1.29, 1.82) is 0 Å². The summed E-state index contributed by atoms with van der Waals surface area (Å²) in [7, 11) is 0. The van der Waals surface area contributed by atoms with Gasteiger partial charge < -0.3 is 5.32 Å². The van der Waals surface area contributed by atoms with Gasteiger partial charge in [0.25, 0.3) is 0 Å². The first kappa shape index (κ1) is 11.3. The fraction of sp³-hybridized carbons (Fsp3) is 0.500. The van der Waals surface area contributed by atoms with Gasteiger partial charge in [-0.25, -0.2) is 0 Å². The van der Waals surface area contributed by atoms with Crippen LogP contribution in [0, 0.1) is 11.3 Å². The zero-order valence-electron chi connectivity index (χ0n) is 9.71. The Bertz CT molecular complexity index is 442. The molecule has 17 heavy (non-hydrogen) atoms. The van der Waals surface area contributed by atoms with E-state index in [0.29, 0.717) is 5.41 Å². The lowest BCUT2D eigenvalue weighted by molar-refractivity contribution is -0.127. The average Bonchev–Trinajstić information content (AvgIpc) is 2.68. The molecule has 1 aliphatic heterocycles. The SMILES string of the molecule is O=C1NCC2(Cc3ccc(Br)cc3)CCC1C2. The van der Waals surface area contributed by atoms with Gasteiger partial charge in [0, 0.05) is 16.9 Å². The first-order valence-corrected chi connectivity index (χ1v) is 6.98. The van der Waals surface area contributed by atoms with Gasteiger partial charge in [0.15, 0.2) is 0 Å². The molecule has 90 valence electrons. The van der Waals surface area contributed by atoms with E-state index in [0.717, 1.165) is 30.3 Å². The lowest BCUT2D eigenvalue weighted by atomic mass is 9.77. The lowest BCUT2D eigenvalue weighted by Crippen LogP contribution is -2.44. The Morgan fingerprint density at radius 2 is 2.12 bits per heavy atom. The maximum absolute atomic E-state index is 11.6. The summed E-state index contributed by atoms with van der Waals surface area (Å²) in [4.78, 5) is 11.6. The van der Waals surface area contributed by atoms with Crippen molar-refractivity contribution in [2.45, 2.75) is 25.7 Å². The number of hydrogen-bond donors (Lipinski definition) is 1. The van der Waals surface area contributed by atoms with Crippen molar-refractivity contribution in [1.82, 2.24) is 5.32 Å². The molecule has 2 aliphatic rings. The number of carbonyl (C=O) groups excluding carboxylic acids is 1. The molecule has 1 N–H and O–H groups in total. The molecule has 2 bridgehead atoms. The Labute approximate surface area is 110 Å². The second-order valence-corrected chi connectivity index (χ2v) is 6.38. The summed E-state index contributed by atoms with van der Waals surface area (Å²) in [6.07, 6.45) is 4.43. The Balaban J connectivity index is 1.77. The molecule has 0 radical (unpaired) electrons. The molecule has 2 nitrogen and oxygen atoms in total. The monoisotopic (exact) mass is 293 g/mol. The normalized spacial score (nSPS) is 31.4. The van der Waals surface area contributed by atoms with E-state index in [1.54, 1.807) is 0 Å². The molecule has 3 heteroatoms. The van der Waals surface area contributed by atoms with Gasteiger partial charge >= 0.3 is 0 Å². The van der Waals surface area contributed by atoms with Gasteiger partial charge in [-0.2, -0.15) is 0 Å². The van der Waals surface area contributed by atoms with E-state index in [1.807, 2.05) is 0 Å². The third-order valence-corrected chi connectivity index (χ3v) is 4.73. The predicted molar refractivity (Wildman–Crippen MR) is 70.6 cm³/mol. The largest absolute Gasteiger partial charge is 0.355 e. The summed E-state index contributed by atoms with van der Waals surface area (Å²) in [6, 6.07) is 8.56. The van der Waals surface area contributed by atoms with E-state index in [2.05, 4.69) is 45.5 Å². The average molecular weight is 294 g/mol.